The molecule has 220 valence electrons. The first-order valence-electron chi connectivity index (χ1n) is 15.1. The zero-order chi connectivity index (χ0) is 29.0. The third-order valence-corrected chi connectivity index (χ3v) is 8.59. The molecule has 2 aromatic carbocycles. The Balaban J connectivity index is 1.13. The lowest BCUT2D eigenvalue weighted by atomic mass is 10.0. The average molecular weight is 571 g/mol. The fraction of sp³-hybridized carbons (Fsp3) is 0.500. The summed E-state index contributed by atoms with van der Waals surface area (Å²) in [7, 11) is 0. The average Bonchev–Trinajstić information content (AvgIpc) is 3.78. The zero-order valence-corrected chi connectivity index (χ0v) is 24.5. The van der Waals surface area contributed by atoms with Gasteiger partial charge in [0.25, 0.3) is 5.91 Å². The molecule has 10 heteroatoms. The maximum atomic E-state index is 13.1. The van der Waals surface area contributed by atoms with E-state index < -0.39 is 5.60 Å². The van der Waals surface area contributed by atoms with Gasteiger partial charge in [0.2, 0.25) is 0 Å². The van der Waals surface area contributed by atoms with Gasteiger partial charge in [-0.15, -0.1) is 0 Å². The highest BCUT2D eigenvalue weighted by molar-refractivity contribution is 5.87. The van der Waals surface area contributed by atoms with Gasteiger partial charge in [-0.05, 0) is 94.7 Å². The van der Waals surface area contributed by atoms with E-state index in [-0.39, 0.29) is 30.2 Å². The molecular formula is C32H38N6O4. The van der Waals surface area contributed by atoms with Gasteiger partial charge in [0.05, 0.1) is 34.2 Å². The van der Waals surface area contributed by atoms with Crippen LogP contribution in [0, 0.1) is 0 Å². The Morgan fingerprint density at radius 1 is 0.833 bits per heavy atom. The molecule has 10 nitrogen and oxygen atoms in total. The molecule has 2 aromatic heterocycles. The number of imidazole rings is 2. The topological polar surface area (TPSA) is 116 Å². The Bertz CT molecular complexity index is 1650. The molecule has 5 heterocycles. The first-order valence-corrected chi connectivity index (χ1v) is 15.1. The Labute approximate surface area is 244 Å². The number of amides is 2. The summed E-state index contributed by atoms with van der Waals surface area (Å²) in [6, 6.07) is 12.3. The van der Waals surface area contributed by atoms with Crippen LogP contribution in [0.2, 0.25) is 0 Å². The van der Waals surface area contributed by atoms with Crippen LogP contribution in [0.5, 0.6) is 0 Å². The Morgan fingerprint density at radius 3 is 1.95 bits per heavy atom. The number of benzene rings is 2. The first-order chi connectivity index (χ1) is 20.2. The molecule has 0 saturated carbocycles. The normalized spacial score (nSPS) is 23.0. The van der Waals surface area contributed by atoms with E-state index in [0.717, 1.165) is 89.9 Å². The van der Waals surface area contributed by atoms with Crippen molar-refractivity contribution in [2.45, 2.75) is 83.1 Å². The summed E-state index contributed by atoms with van der Waals surface area (Å²) in [5.41, 5.74) is 5.21. The molecule has 0 bridgehead atoms. The third kappa shape index (κ3) is 5.02. The lowest BCUT2D eigenvalue weighted by molar-refractivity contribution is -0.142. The monoisotopic (exact) mass is 570 g/mol. The SMILES string of the molecule is CC(C)(C)OC(=O)N1CCC[C@H]1c1nc2ccc(-c3ccc4nc([C@@H]5CCCN5C(=O)[C@H]5CCCO5)[nH]c4c3)cc2[nH]1. The number of ether oxygens (including phenoxy) is 2. The molecule has 3 saturated heterocycles. The van der Waals surface area contributed by atoms with Gasteiger partial charge < -0.3 is 24.3 Å². The number of rotatable bonds is 4. The predicted molar refractivity (Wildman–Crippen MR) is 159 cm³/mol. The minimum Gasteiger partial charge on any atom is -0.444 e. The molecule has 0 radical (unpaired) electrons. The lowest BCUT2D eigenvalue weighted by Crippen LogP contribution is -2.38. The summed E-state index contributed by atoms with van der Waals surface area (Å²) in [5, 5.41) is 0. The van der Waals surface area contributed by atoms with Crippen molar-refractivity contribution in [1.82, 2.24) is 29.7 Å². The maximum absolute atomic E-state index is 13.1. The fourth-order valence-electron chi connectivity index (χ4n) is 6.60. The van der Waals surface area contributed by atoms with Gasteiger partial charge in [0, 0.05) is 19.7 Å². The molecule has 7 rings (SSSR count). The number of fused-ring (bicyclic) bond motifs is 2. The van der Waals surface area contributed by atoms with Crippen LogP contribution in [0.15, 0.2) is 36.4 Å². The number of carbonyl (C=O) groups is 2. The van der Waals surface area contributed by atoms with Crippen molar-refractivity contribution in [3.05, 3.63) is 48.0 Å². The summed E-state index contributed by atoms with van der Waals surface area (Å²) in [6.07, 6.45) is 4.77. The van der Waals surface area contributed by atoms with E-state index in [1.54, 1.807) is 4.90 Å². The second-order valence-corrected chi connectivity index (χ2v) is 12.7. The Kier molecular flexibility index (Phi) is 6.68. The second-order valence-electron chi connectivity index (χ2n) is 12.7. The number of likely N-dealkylation sites (tertiary alicyclic amines) is 2. The van der Waals surface area contributed by atoms with E-state index in [4.69, 9.17) is 19.4 Å². The van der Waals surface area contributed by atoms with Gasteiger partial charge in [-0.25, -0.2) is 14.8 Å². The van der Waals surface area contributed by atoms with Gasteiger partial charge in [-0.3, -0.25) is 9.69 Å². The molecule has 3 aliphatic heterocycles. The number of carbonyl (C=O) groups excluding carboxylic acids is 2. The molecule has 3 fully saturated rings. The van der Waals surface area contributed by atoms with Crippen LogP contribution in [0.4, 0.5) is 4.79 Å². The lowest BCUT2D eigenvalue weighted by Gasteiger charge is -2.27. The molecule has 3 atom stereocenters. The van der Waals surface area contributed by atoms with Gasteiger partial charge >= 0.3 is 6.09 Å². The van der Waals surface area contributed by atoms with Crippen LogP contribution < -0.4 is 0 Å². The van der Waals surface area contributed by atoms with E-state index in [1.807, 2.05) is 37.8 Å². The second kappa shape index (κ2) is 10.4. The Morgan fingerprint density at radius 2 is 1.40 bits per heavy atom. The van der Waals surface area contributed by atoms with E-state index >= 15 is 0 Å². The first kappa shape index (κ1) is 26.9. The van der Waals surface area contributed by atoms with Crippen LogP contribution in [0.3, 0.4) is 0 Å². The molecule has 42 heavy (non-hydrogen) atoms. The highest BCUT2D eigenvalue weighted by atomic mass is 16.6. The fourth-order valence-corrected chi connectivity index (χ4v) is 6.60. The number of H-pyrrole nitrogens is 2. The number of aromatic nitrogens is 4. The highest BCUT2D eigenvalue weighted by Gasteiger charge is 2.37. The Hall–Kier alpha value is -3.92. The molecule has 0 spiro atoms. The van der Waals surface area contributed by atoms with Crippen LogP contribution in [-0.2, 0) is 14.3 Å². The van der Waals surface area contributed by atoms with Crippen LogP contribution in [0.25, 0.3) is 33.2 Å². The van der Waals surface area contributed by atoms with E-state index in [9.17, 15) is 9.59 Å². The molecule has 2 N–H and O–H groups in total. The predicted octanol–water partition coefficient (Wildman–Crippen LogP) is 6.02. The number of nitrogens with one attached hydrogen (secondary N) is 2. The summed E-state index contributed by atoms with van der Waals surface area (Å²) >= 11 is 0. The quantitative estimate of drug-likeness (QED) is 0.310. The highest BCUT2D eigenvalue weighted by Crippen LogP contribution is 2.36. The standard InChI is InChI=1S/C32H38N6O4/c1-32(2,3)42-31(40)38-15-5-8-26(38)29-34-22-13-11-20(18-24(22)36-29)19-10-12-21-23(17-19)35-28(33-21)25-7-4-14-37(25)30(39)27-9-6-16-41-27/h10-13,17-18,25-27H,4-9,14-16H2,1-3H3,(H,33,35)(H,34,36)/t25-,26-,27+/m0/s1. The molecule has 0 unspecified atom stereocenters. The summed E-state index contributed by atoms with van der Waals surface area (Å²) in [4.78, 5) is 46.4. The summed E-state index contributed by atoms with van der Waals surface area (Å²) in [6.45, 7) is 7.73. The summed E-state index contributed by atoms with van der Waals surface area (Å²) in [5.74, 6) is 1.72. The molecule has 0 aliphatic carbocycles. The number of nitrogens with zero attached hydrogens (tertiary/aromatic N) is 4. The van der Waals surface area contributed by atoms with Crippen molar-refractivity contribution in [3.8, 4) is 11.1 Å². The van der Waals surface area contributed by atoms with Crippen molar-refractivity contribution < 1.29 is 19.1 Å². The van der Waals surface area contributed by atoms with Crippen LogP contribution in [-0.4, -0.2) is 73.1 Å². The van der Waals surface area contributed by atoms with Crippen molar-refractivity contribution >= 4 is 34.1 Å². The van der Waals surface area contributed by atoms with Gasteiger partial charge in [-0.1, -0.05) is 12.1 Å². The van der Waals surface area contributed by atoms with Crippen molar-refractivity contribution in [3.63, 3.8) is 0 Å². The molecule has 4 aromatic rings. The third-order valence-electron chi connectivity index (χ3n) is 8.59. The maximum Gasteiger partial charge on any atom is 0.410 e. The molecular weight excluding hydrogens is 532 g/mol. The van der Waals surface area contributed by atoms with Crippen molar-refractivity contribution in [2.24, 2.45) is 0 Å². The van der Waals surface area contributed by atoms with E-state index in [0.29, 0.717) is 13.2 Å². The van der Waals surface area contributed by atoms with E-state index in [2.05, 4.69) is 34.2 Å². The van der Waals surface area contributed by atoms with Gasteiger partial charge in [0.15, 0.2) is 0 Å². The van der Waals surface area contributed by atoms with Gasteiger partial charge in [-0.2, -0.15) is 0 Å². The smallest absolute Gasteiger partial charge is 0.410 e. The number of aromatic amines is 2. The summed E-state index contributed by atoms with van der Waals surface area (Å²) < 4.78 is 11.3. The van der Waals surface area contributed by atoms with Crippen molar-refractivity contribution in [2.75, 3.05) is 19.7 Å². The molecule has 3 aliphatic rings. The number of hydrogen-bond acceptors (Lipinski definition) is 6. The number of hydrogen-bond donors (Lipinski definition) is 2. The minimum absolute atomic E-state index is 0.0480. The van der Waals surface area contributed by atoms with Gasteiger partial charge in [0.1, 0.15) is 23.4 Å². The van der Waals surface area contributed by atoms with E-state index in [1.165, 1.54) is 0 Å². The zero-order valence-electron chi connectivity index (χ0n) is 24.5. The van der Waals surface area contributed by atoms with Crippen molar-refractivity contribution in [1.29, 1.82) is 0 Å². The minimum atomic E-state index is -0.540. The van der Waals surface area contributed by atoms with Crippen LogP contribution >= 0.6 is 0 Å². The molecule has 2 amide bonds. The van der Waals surface area contributed by atoms with Crippen LogP contribution in [0.1, 0.15) is 83.0 Å². The largest absolute Gasteiger partial charge is 0.444 e.